The number of rotatable bonds is 3. The van der Waals surface area contributed by atoms with Crippen LogP contribution in [-0.4, -0.2) is 34.4 Å². The summed E-state index contributed by atoms with van der Waals surface area (Å²) in [6.07, 6.45) is 1.61. The van der Waals surface area contributed by atoms with Crippen LogP contribution in [0.5, 0.6) is 0 Å². The molecule has 0 saturated carbocycles. The van der Waals surface area contributed by atoms with E-state index in [0.717, 1.165) is 42.0 Å². The van der Waals surface area contributed by atoms with Gasteiger partial charge in [0.25, 0.3) is 0 Å². The zero-order valence-corrected chi connectivity index (χ0v) is 12.6. The van der Waals surface area contributed by atoms with Crippen LogP contribution in [0.1, 0.15) is 18.4 Å². The number of carbonyl (C=O) groups is 1. The van der Waals surface area contributed by atoms with Crippen molar-refractivity contribution in [2.75, 3.05) is 18.0 Å². The highest BCUT2D eigenvalue weighted by Gasteiger charge is 2.26. The fraction of sp³-hybridized carbons (Fsp3) is 0.353. The van der Waals surface area contributed by atoms with Gasteiger partial charge in [0.05, 0.1) is 11.6 Å². The highest BCUT2D eigenvalue weighted by atomic mass is 16.4. The molecule has 1 aliphatic heterocycles. The molecule has 5 heteroatoms. The smallest absolute Gasteiger partial charge is 0.308 e. The van der Waals surface area contributed by atoms with E-state index < -0.39 is 5.97 Å². The van der Waals surface area contributed by atoms with Gasteiger partial charge >= 0.3 is 5.97 Å². The third-order valence-corrected chi connectivity index (χ3v) is 4.17. The summed E-state index contributed by atoms with van der Waals surface area (Å²) < 4.78 is 0. The highest BCUT2D eigenvalue weighted by Crippen LogP contribution is 2.24. The number of aliphatic carboxylic acids is 1. The summed E-state index contributed by atoms with van der Waals surface area (Å²) in [5.74, 6) is -0.288. The van der Waals surface area contributed by atoms with E-state index in [9.17, 15) is 4.79 Å². The number of carboxylic acid groups (broad SMARTS) is 1. The number of anilines is 1. The SMILES string of the molecule is Cc1ccccc1-c1ccc(N2CCCC(C(=O)O)C2)nn1. The second kappa shape index (κ2) is 6.13. The fourth-order valence-electron chi connectivity index (χ4n) is 2.88. The van der Waals surface area contributed by atoms with Crippen molar-refractivity contribution in [2.45, 2.75) is 19.8 Å². The molecule has 1 aromatic carbocycles. The number of benzene rings is 1. The molecule has 114 valence electrons. The van der Waals surface area contributed by atoms with Gasteiger partial charge < -0.3 is 10.0 Å². The number of aromatic nitrogens is 2. The minimum absolute atomic E-state index is 0.313. The Morgan fingerprint density at radius 1 is 1.23 bits per heavy atom. The summed E-state index contributed by atoms with van der Waals surface area (Å²) in [7, 11) is 0. The second-order valence-corrected chi connectivity index (χ2v) is 5.72. The van der Waals surface area contributed by atoms with E-state index >= 15 is 0 Å². The van der Waals surface area contributed by atoms with Crippen molar-refractivity contribution in [2.24, 2.45) is 5.92 Å². The lowest BCUT2D eigenvalue weighted by Crippen LogP contribution is -2.39. The molecule has 1 N–H and O–H groups in total. The Hall–Kier alpha value is -2.43. The molecule has 0 spiro atoms. The van der Waals surface area contributed by atoms with Gasteiger partial charge in [-0.25, -0.2) is 0 Å². The largest absolute Gasteiger partial charge is 0.481 e. The average molecular weight is 297 g/mol. The maximum absolute atomic E-state index is 11.1. The molecule has 1 fully saturated rings. The van der Waals surface area contributed by atoms with Crippen molar-refractivity contribution in [3.05, 3.63) is 42.0 Å². The molecule has 1 aromatic heterocycles. The van der Waals surface area contributed by atoms with Gasteiger partial charge in [-0.05, 0) is 37.5 Å². The topological polar surface area (TPSA) is 66.3 Å². The van der Waals surface area contributed by atoms with Gasteiger partial charge in [0.1, 0.15) is 0 Å². The number of piperidine rings is 1. The number of hydrogen-bond acceptors (Lipinski definition) is 4. The molecule has 2 heterocycles. The molecule has 2 aromatic rings. The fourth-order valence-corrected chi connectivity index (χ4v) is 2.88. The zero-order valence-electron chi connectivity index (χ0n) is 12.6. The Bertz CT molecular complexity index is 670. The summed E-state index contributed by atoms with van der Waals surface area (Å²) >= 11 is 0. The molecular weight excluding hydrogens is 278 g/mol. The monoisotopic (exact) mass is 297 g/mol. The lowest BCUT2D eigenvalue weighted by molar-refractivity contribution is -0.141. The van der Waals surface area contributed by atoms with Crippen molar-refractivity contribution in [3.63, 3.8) is 0 Å². The summed E-state index contributed by atoms with van der Waals surface area (Å²) in [5, 5.41) is 17.8. The van der Waals surface area contributed by atoms with Crippen molar-refractivity contribution in [1.82, 2.24) is 10.2 Å². The predicted octanol–water partition coefficient (Wildman–Crippen LogP) is 2.75. The lowest BCUT2D eigenvalue weighted by Gasteiger charge is -2.31. The lowest BCUT2D eigenvalue weighted by atomic mass is 9.98. The molecule has 5 nitrogen and oxygen atoms in total. The number of aryl methyl sites for hydroxylation is 1. The number of carboxylic acids is 1. The van der Waals surface area contributed by atoms with E-state index in [1.54, 1.807) is 0 Å². The first-order chi connectivity index (χ1) is 10.6. The number of nitrogens with zero attached hydrogens (tertiary/aromatic N) is 3. The molecule has 3 rings (SSSR count). The van der Waals surface area contributed by atoms with Crippen LogP contribution in [0.15, 0.2) is 36.4 Å². The molecule has 0 bridgehead atoms. The van der Waals surface area contributed by atoms with E-state index in [0.29, 0.717) is 6.54 Å². The van der Waals surface area contributed by atoms with Crippen molar-refractivity contribution in [1.29, 1.82) is 0 Å². The van der Waals surface area contributed by atoms with E-state index in [1.165, 1.54) is 0 Å². The van der Waals surface area contributed by atoms with E-state index in [-0.39, 0.29) is 5.92 Å². The molecule has 1 atom stereocenters. The van der Waals surface area contributed by atoms with Gasteiger partial charge in [0.15, 0.2) is 5.82 Å². The molecule has 1 unspecified atom stereocenters. The molecule has 22 heavy (non-hydrogen) atoms. The first kappa shape index (κ1) is 14.5. The van der Waals surface area contributed by atoms with Crippen LogP contribution in [0.2, 0.25) is 0 Å². The van der Waals surface area contributed by atoms with E-state index in [4.69, 9.17) is 5.11 Å². The van der Waals surface area contributed by atoms with Gasteiger partial charge in [0, 0.05) is 18.7 Å². The second-order valence-electron chi connectivity index (χ2n) is 5.72. The van der Waals surface area contributed by atoms with Crippen LogP contribution in [0.3, 0.4) is 0 Å². The van der Waals surface area contributed by atoms with Crippen LogP contribution in [0.4, 0.5) is 5.82 Å². The maximum atomic E-state index is 11.1. The summed E-state index contributed by atoms with van der Waals surface area (Å²) in [5.41, 5.74) is 3.07. The molecule has 0 aliphatic carbocycles. The third kappa shape index (κ3) is 2.93. The zero-order chi connectivity index (χ0) is 15.5. The van der Waals surface area contributed by atoms with Gasteiger partial charge in [-0.15, -0.1) is 10.2 Å². The Balaban J connectivity index is 1.80. The minimum Gasteiger partial charge on any atom is -0.481 e. The first-order valence-electron chi connectivity index (χ1n) is 7.52. The van der Waals surface area contributed by atoms with Crippen molar-refractivity contribution >= 4 is 11.8 Å². The molecule has 0 radical (unpaired) electrons. The highest BCUT2D eigenvalue weighted by molar-refractivity contribution is 5.71. The molecular formula is C17H19N3O2. The molecule has 1 saturated heterocycles. The first-order valence-corrected chi connectivity index (χ1v) is 7.52. The summed E-state index contributed by atoms with van der Waals surface area (Å²) in [6.45, 7) is 3.39. The Morgan fingerprint density at radius 3 is 2.73 bits per heavy atom. The van der Waals surface area contributed by atoms with E-state index in [2.05, 4.69) is 10.2 Å². The van der Waals surface area contributed by atoms with E-state index in [1.807, 2.05) is 48.2 Å². The van der Waals surface area contributed by atoms with Crippen LogP contribution in [-0.2, 0) is 4.79 Å². The molecule has 0 amide bonds. The van der Waals surface area contributed by atoms with Gasteiger partial charge in [-0.3, -0.25) is 4.79 Å². The Labute approximate surface area is 129 Å². The third-order valence-electron chi connectivity index (χ3n) is 4.17. The average Bonchev–Trinajstić information content (AvgIpc) is 2.56. The maximum Gasteiger partial charge on any atom is 0.308 e. The van der Waals surface area contributed by atoms with Crippen LogP contribution in [0.25, 0.3) is 11.3 Å². The minimum atomic E-state index is -0.728. The summed E-state index contributed by atoms with van der Waals surface area (Å²) in [4.78, 5) is 13.2. The normalized spacial score (nSPS) is 18.2. The Morgan fingerprint density at radius 2 is 2.05 bits per heavy atom. The van der Waals surface area contributed by atoms with Crippen molar-refractivity contribution < 1.29 is 9.90 Å². The summed E-state index contributed by atoms with van der Waals surface area (Å²) in [6, 6.07) is 11.9. The van der Waals surface area contributed by atoms with Gasteiger partial charge in [-0.2, -0.15) is 0 Å². The quantitative estimate of drug-likeness (QED) is 0.943. The molecule has 1 aliphatic rings. The Kier molecular flexibility index (Phi) is 4.04. The number of hydrogen-bond donors (Lipinski definition) is 1. The van der Waals surface area contributed by atoms with Gasteiger partial charge in [-0.1, -0.05) is 24.3 Å². The standard InChI is InChI=1S/C17H19N3O2/c1-12-5-2-3-7-14(12)15-8-9-16(19-18-15)20-10-4-6-13(11-20)17(21)22/h2-3,5,7-9,13H,4,6,10-11H2,1H3,(H,21,22). The van der Waals surface area contributed by atoms with Crippen LogP contribution < -0.4 is 4.90 Å². The predicted molar refractivity (Wildman–Crippen MR) is 84.8 cm³/mol. The van der Waals surface area contributed by atoms with Crippen molar-refractivity contribution in [3.8, 4) is 11.3 Å². The van der Waals surface area contributed by atoms with Crippen LogP contribution in [0, 0.1) is 12.8 Å². The van der Waals surface area contributed by atoms with Gasteiger partial charge in [0.2, 0.25) is 0 Å². The van der Waals surface area contributed by atoms with Crippen LogP contribution >= 0.6 is 0 Å².